The van der Waals surface area contributed by atoms with Crippen LogP contribution in [0, 0.1) is 0 Å². The van der Waals surface area contributed by atoms with Crippen molar-refractivity contribution in [1.29, 1.82) is 0 Å². The Morgan fingerprint density at radius 3 is 2.59 bits per heavy atom. The molecule has 32 heavy (non-hydrogen) atoms. The lowest BCUT2D eigenvalue weighted by atomic mass is 10.2. The summed E-state index contributed by atoms with van der Waals surface area (Å²) in [6, 6.07) is 6.69. The van der Waals surface area contributed by atoms with Gasteiger partial charge in [0.25, 0.3) is 11.5 Å². The van der Waals surface area contributed by atoms with Crippen molar-refractivity contribution < 1.29 is 9.53 Å². The van der Waals surface area contributed by atoms with Crippen molar-refractivity contribution in [1.82, 2.24) is 29.3 Å². The average Bonchev–Trinajstić information content (AvgIpc) is 3.21. The number of carbonyl (C=O) groups is 1. The molecule has 0 bridgehead atoms. The molecule has 1 amide bonds. The normalized spacial score (nSPS) is 10.9. The van der Waals surface area contributed by atoms with Gasteiger partial charge in [0, 0.05) is 49.5 Å². The number of nitrogens with one attached hydrogen (secondary N) is 1. The summed E-state index contributed by atoms with van der Waals surface area (Å²) >= 11 is 0. The lowest BCUT2D eigenvalue weighted by Crippen LogP contribution is -2.31. The third-order valence-corrected chi connectivity index (χ3v) is 4.59. The average molecular weight is 431 g/mol. The first-order valence-corrected chi connectivity index (χ1v) is 9.88. The van der Waals surface area contributed by atoms with Crippen LogP contribution in [0.4, 0.5) is 5.82 Å². The third-order valence-electron chi connectivity index (χ3n) is 4.59. The highest BCUT2D eigenvalue weighted by molar-refractivity contribution is 6.02. The van der Waals surface area contributed by atoms with E-state index in [1.165, 1.54) is 17.0 Å². The predicted molar refractivity (Wildman–Crippen MR) is 118 cm³/mol. The summed E-state index contributed by atoms with van der Waals surface area (Å²) in [6.07, 6.45) is 9.69. The Labute approximate surface area is 183 Å². The van der Waals surface area contributed by atoms with Crippen molar-refractivity contribution >= 4 is 11.7 Å². The Balaban J connectivity index is 1.46. The Morgan fingerprint density at radius 2 is 1.91 bits per heavy atom. The van der Waals surface area contributed by atoms with E-state index >= 15 is 0 Å². The van der Waals surface area contributed by atoms with Gasteiger partial charge in [0.05, 0.1) is 18.1 Å². The fourth-order valence-corrected chi connectivity index (χ4v) is 3.00. The van der Waals surface area contributed by atoms with Crippen LogP contribution in [0.2, 0.25) is 0 Å². The monoisotopic (exact) mass is 431 g/mol. The number of aromatic nitrogens is 6. The number of nitrogens with zero attached hydrogens (tertiary/aromatic N) is 6. The second-order valence-corrected chi connectivity index (χ2v) is 7.30. The van der Waals surface area contributed by atoms with Crippen molar-refractivity contribution in [3.8, 4) is 22.8 Å². The van der Waals surface area contributed by atoms with Gasteiger partial charge in [-0.15, -0.1) is 0 Å². The maximum atomic E-state index is 12.5. The predicted octanol–water partition coefficient (Wildman–Crippen LogP) is 3.06. The number of amides is 1. The van der Waals surface area contributed by atoms with Gasteiger partial charge in [-0.2, -0.15) is 5.10 Å². The van der Waals surface area contributed by atoms with E-state index in [0.717, 1.165) is 11.3 Å². The highest BCUT2D eigenvalue weighted by Crippen LogP contribution is 2.25. The summed E-state index contributed by atoms with van der Waals surface area (Å²) < 4.78 is 8.99. The topological polar surface area (TPSA) is 117 Å². The van der Waals surface area contributed by atoms with E-state index in [2.05, 4.69) is 25.4 Å². The van der Waals surface area contributed by atoms with Crippen molar-refractivity contribution in [3.63, 3.8) is 0 Å². The van der Waals surface area contributed by atoms with Crippen LogP contribution >= 0.6 is 0 Å². The van der Waals surface area contributed by atoms with Crippen LogP contribution in [0.5, 0.6) is 11.5 Å². The second kappa shape index (κ2) is 8.80. The summed E-state index contributed by atoms with van der Waals surface area (Å²) in [5, 5.41) is 6.74. The molecule has 0 aromatic carbocycles. The fourth-order valence-electron chi connectivity index (χ4n) is 3.00. The van der Waals surface area contributed by atoms with E-state index < -0.39 is 11.5 Å². The van der Waals surface area contributed by atoms with Gasteiger partial charge in [-0.3, -0.25) is 19.3 Å². The van der Waals surface area contributed by atoms with Crippen molar-refractivity contribution in [2.75, 3.05) is 5.32 Å². The molecule has 4 rings (SSSR count). The van der Waals surface area contributed by atoms with Crippen LogP contribution in [0.1, 0.15) is 30.4 Å². The van der Waals surface area contributed by atoms with Crippen molar-refractivity contribution in [3.05, 3.63) is 77.5 Å². The number of rotatable bonds is 6. The van der Waals surface area contributed by atoms with Crippen LogP contribution in [-0.4, -0.2) is 35.2 Å². The number of anilines is 1. The van der Waals surface area contributed by atoms with E-state index in [9.17, 15) is 9.59 Å². The number of hydrogen-bond donors (Lipinski definition) is 1. The van der Waals surface area contributed by atoms with Crippen LogP contribution in [0.3, 0.4) is 0 Å². The first-order valence-electron chi connectivity index (χ1n) is 9.88. The minimum atomic E-state index is -0.624. The molecule has 4 heterocycles. The zero-order chi connectivity index (χ0) is 22.7. The van der Waals surface area contributed by atoms with E-state index in [4.69, 9.17) is 4.74 Å². The van der Waals surface area contributed by atoms with Crippen molar-refractivity contribution in [2.45, 2.75) is 19.9 Å². The van der Waals surface area contributed by atoms with Gasteiger partial charge in [-0.05, 0) is 32.0 Å². The molecule has 4 aromatic rings. The molecule has 4 aromatic heterocycles. The Morgan fingerprint density at radius 1 is 1.06 bits per heavy atom. The molecule has 0 unspecified atom stereocenters. The van der Waals surface area contributed by atoms with Gasteiger partial charge >= 0.3 is 0 Å². The summed E-state index contributed by atoms with van der Waals surface area (Å²) in [7, 11) is 1.84. The Hall–Kier alpha value is -4.34. The van der Waals surface area contributed by atoms with Gasteiger partial charge in [0.15, 0.2) is 5.69 Å². The largest absolute Gasteiger partial charge is 0.456 e. The minimum absolute atomic E-state index is 0.0848. The molecule has 0 aliphatic heterocycles. The molecular weight excluding hydrogens is 410 g/mol. The molecule has 0 saturated carbocycles. The molecule has 0 atom stereocenters. The molecule has 10 heteroatoms. The van der Waals surface area contributed by atoms with Crippen molar-refractivity contribution in [2.24, 2.45) is 7.05 Å². The molecule has 162 valence electrons. The lowest BCUT2D eigenvalue weighted by molar-refractivity contribution is 0.101. The first kappa shape index (κ1) is 20.9. The second-order valence-electron chi connectivity index (χ2n) is 7.30. The SMILES string of the molecule is CC(C)n1ccnc(C(=O)Nc2ccc(Oc3ccnc(-c4cnn(C)c4)c3)cn2)c1=O. The quantitative estimate of drug-likeness (QED) is 0.499. The number of hydrogen-bond acceptors (Lipinski definition) is 7. The smallest absolute Gasteiger partial charge is 0.282 e. The number of carbonyl (C=O) groups excluding carboxylic acids is 1. The number of ether oxygens (including phenoxy) is 1. The van der Waals surface area contributed by atoms with E-state index in [1.807, 2.05) is 27.1 Å². The zero-order valence-corrected chi connectivity index (χ0v) is 17.8. The minimum Gasteiger partial charge on any atom is -0.456 e. The standard InChI is InChI=1S/C22H21N7O3/c1-14(2)29-9-8-24-20(22(29)31)21(30)27-19-5-4-17(12-25-19)32-16-6-7-23-18(10-16)15-11-26-28(3)13-15/h4-14H,1-3H3,(H,25,27,30). The van der Waals surface area contributed by atoms with E-state index in [-0.39, 0.29) is 17.6 Å². The first-order chi connectivity index (χ1) is 15.4. The van der Waals surface area contributed by atoms with Gasteiger partial charge in [0.1, 0.15) is 17.3 Å². The Kier molecular flexibility index (Phi) is 5.75. The van der Waals surface area contributed by atoms with Crippen LogP contribution in [0.25, 0.3) is 11.3 Å². The van der Waals surface area contributed by atoms with Crippen LogP contribution in [0.15, 0.2) is 66.2 Å². The molecule has 0 aliphatic rings. The summed E-state index contributed by atoms with van der Waals surface area (Å²) in [5.41, 5.74) is 0.958. The number of pyridine rings is 2. The molecule has 0 spiro atoms. The molecular formula is C22H21N7O3. The lowest BCUT2D eigenvalue weighted by Gasteiger charge is -2.11. The van der Waals surface area contributed by atoms with E-state index in [0.29, 0.717) is 11.5 Å². The third kappa shape index (κ3) is 4.53. The highest BCUT2D eigenvalue weighted by atomic mass is 16.5. The van der Waals surface area contributed by atoms with Gasteiger partial charge in [-0.1, -0.05) is 0 Å². The summed E-state index contributed by atoms with van der Waals surface area (Å²) in [6.45, 7) is 3.71. The summed E-state index contributed by atoms with van der Waals surface area (Å²) in [5.74, 6) is 0.710. The zero-order valence-electron chi connectivity index (χ0n) is 17.8. The van der Waals surface area contributed by atoms with Gasteiger partial charge in [0.2, 0.25) is 0 Å². The van der Waals surface area contributed by atoms with Crippen LogP contribution in [-0.2, 0) is 7.05 Å². The molecule has 0 saturated heterocycles. The summed E-state index contributed by atoms with van der Waals surface area (Å²) in [4.78, 5) is 37.3. The van der Waals surface area contributed by atoms with Gasteiger partial charge in [-0.25, -0.2) is 9.97 Å². The highest BCUT2D eigenvalue weighted by Gasteiger charge is 2.16. The Bertz CT molecular complexity index is 1310. The molecule has 0 radical (unpaired) electrons. The number of aryl methyl sites for hydroxylation is 1. The van der Waals surface area contributed by atoms with Crippen LogP contribution < -0.4 is 15.6 Å². The maximum Gasteiger partial charge on any atom is 0.282 e. The fraction of sp³-hybridized carbons (Fsp3) is 0.182. The van der Waals surface area contributed by atoms with E-state index in [1.54, 1.807) is 47.5 Å². The molecule has 0 fully saturated rings. The molecule has 0 aliphatic carbocycles. The molecule has 10 nitrogen and oxygen atoms in total. The molecule has 1 N–H and O–H groups in total. The maximum absolute atomic E-state index is 12.5. The van der Waals surface area contributed by atoms with Gasteiger partial charge < -0.3 is 14.6 Å².